The number of rotatable bonds is 6. The van der Waals surface area contributed by atoms with Gasteiger partial charge in [0.15, 0.2) is 0 Å². The third-order valence-electron chi connectivity index (χ3n) is 4.09. The van der Waals surface area contributed by atoms with Crippen molar-refractivity contribution in [3.63, 3.8) is 0 Å². The molecule has 3 heteroatoms. The van der Waals surface area contributed by atoms with Crippen LogP contribution in [0.5, 0.6) is 11.5 Å². The minimum Gasteiger partial charge on any atom is -0.472 e. The zero-order valence-corrected chi connectivity index (χ0v) is 14.3. The van der Waals surface area contributed by atoms with Gasteiger partial charge in [-0.15, -0.1) is 0 Å². The van der Waals surface area contributed by atoms with Gasteiger partial charge in [-0.2, -0.15) is 0 Å². The Labute approximate surface area is 152 Å². The molecule has 0 aliphatic rings. The van der Waals surface area contributed by atoms with Crippen LogP contribution in [0.3, 0.4) is 0 Å². The molecule has 1 N–H and O–H groups in total. The molecule has 0 amide bonds. The second-order valence-corrected chi connectivity index (χ2v) is 6.01. The van der Waals surface area contributed by atoms with E-state index in [1.165, 1.54) is 5.56 Å². The van der Waals surface area contributed by atoms with E-state index in [1.54, 1.807) is 12.5 Å². The summed E-state index contributed by atoms with van der Waals surface area (Å²) in [6, 6.07) is 28.2. The normalized spacial score (nSPS) is 10.5. The Balaban J connectivity index is 1.43. The van der Waals surface area contributed by atoms with Crippen molar-refractivity contribution < 1.29 is 9.15 Å². The minimum atomic E-state index is 0.737. The van der Waals surface area contributed by atoms with Gasteiger partial charge in [-0.1, -0.05) is 42.5 Å². The molecule has 0 fully saturated rings. The Morgan fingerprint density at radius 2 is 1.58 bits per heavy atom. The van der Waals surface area contributed by atoms with Gasteiger partial charge in [0.2, 0.25) is 0 Å². The summed E-state index contributed by atoms with van der Waals surface area (Å²) in [4.78, 5) is 0. The van der Waals surface area contributed by atoms with Gasteiger partial charge in [-0.25, -0.2) is 0 Å². The van der Waals surface area contributed by atoms with Crippen LogP contribution in [0.4, 0.5) is 5.69 Å². The maximum Gasteiger partial charge on any atom is 0.129 e. The van der Waals surface area contributed by atoms with Crippen molar-refractivity contribution in [2.24, 2.45) is 0 Å². The van der Waals surface area contributed by atoms with E-state index in [4.69, 9.17) is 9.15 Å². The van der Waals surface area contributed by atoms with Crippen LogP contribution in [-0.2, 0) is 6.54 Å². The molecule has 1 heterocycles. The maximum absolute atomic E-state index is 5.89. The fourth-order valence-corrected chi connectivity index (χ4v) is 2.79. The molecule has 0 bridgehead atoms. The molecule has 0 radical (unpaired) electrons. The monoisotopic (exact) mass is 341 g/mol. The van der Waals surface area contributed by atoms with Crippen LogP contribution in [0.15, 0.2) is 102 Å². The van der Waals surface area contributed by atoms with Crippen molar-refractivity contribution >= 4 is 5.69 Å². The predicted octanol–water partition coefficient (Wildman–Crippen LogP) is 6.35. The van der Waals surface area contributed by atoms with Crippen LogP contribution < -0.4 is 10.1 Å². The van der Waals surface area contributed by atoms with Crippen LogP contribution in [0.1, 0.15) is 5.56 Å². The highest BCUT2D eigenvalue weighted by Crippen LogP contribution is 2.25. The summed E-state index contributed by atoms with van der Waals surface area (Å²) in [5.41, 5.74) is 4.47. The van der Waals surface area contributed by atoms with Crippen LogP contribution in [-0.4, -0.2) is 0 Å². The molecule has 1 aromatic heterocycles. The van der Waals surface area contributed by atoms with Gasteiger partial charge >= 0.3 is 0 Å². The number of furan rings is 1. The summed E-state index contributed by atoms with van der Waals surface area (Å²) in [6.45, 7) is 0.737. The molecule has 4 rings (SSSR count). The second-order valence-electron chi connectivity index (χ2n) is 6.01. The van der Waals surface area contributed by atoms with Crippen molar-refractivity contribution in [2.45, 2.75) is 6.54 Å². The van der Waals surface area contributed by atoms with Gasteiger partial charge in [-0.3, -0.25) is 0 Å². The van der Waals surface area contributed by atoms with Gasteiger partial charge in [0, 0.05) is 23.9 Å². The highest BCUT2D eigenvalue weighted by Gasteiger charge is 2.02. The lowest BCUT2D eigenvalue weighted by Crippen LogP contribution is -1.99. The van der Waals surface area contributed by atoms with Crippen LogP contribution >= 0.6 is 0 Å². The average molecular weight is 341 g/mol. The largest absolute Gasteiger partial charge is 0.472 e. The standard InChI is InChI=1S/C23H19NO2/c1-2-9-22(10-3-1)26-23-11-5-8-21(15-23)24-16-18-6-4-7-19(14-18)20-12-13-25-17-20/h1-15,17,24H,16H2. The summed E-state index contributed by atoms with van der Waals surface area (Å²) in [5.74, 6) is 1.64. The van der Waals surface area contributed by atoms with Crippen molar-refractivity contribution in [3.05, 3.63) is 103 Å². The lowest BCUT2D eigenvalue weighted by molar-refractivity contribution is 0.483. The van der Waals surface area contributed by atoms with Gasteiger partial charge < -0.3 is 14.5 Å². The van der Waals surface area contributed by atoms with Crippen LogP contribution in [0.25, 0.3) is 11.1 Å². The van der Waals surface area contributed by atoms with E-state index >= 15 is 0 Å². The maximum atomic E-state index is 5.89. The third kappa shape index (κ3) is 3.95. The second kappa shape index (κ2) is 7.62. The molecule has 0 atom stereocenters. The van der Waals surface area contributed by atoms with Crippen molar-refractivity contribution in [3.8, 4) is 22.6 Å². The Kier molecular flexibility index (Phi) is 4.70. The fraction of sp³-hybridized carbons (Fsp3) is 0.0435. The third-order valence-corrected chi connectivity index (χ3v) is 4.09. The molecule has 0 aliphatic carbocycles. The first-order valence-electron chi connectivity index (χ1n) is 8.55. The molecule has 0 saturated heterocycles. The first kappa shape index (κ1) is 16.0. The van der Waals surface area contributed by atoms with Gasteiger partial charge in [0.25, 0.3) is 0 Å². The number of para-hydroxylation sites is 1. The van der Waals surface area contributed by atoms with E-state index in [0.29, 0.717) is 0 Å². The molecule has 0 spiro atoms. The molecule has 3 nitrogen and oxygen atoms in total. The number of benzene rings is 3. The number of hydrogen-bond donors (Lipinski definition) is 1. The summed E-state index contributed by atoms with van der Waals surface area (Å²) in [5, 5.41) is 3.46. The molecular formula is C23H19NO2. The van der Waals surface area contributed by atoms with Crippen molar-refractivity contribution in [1.82, 2.24) is 0 Å². The topological polar surface area (TPSA) is 34.4 Å². The smallest absolute Gasteiger partial charge is 0.129 e. The number of anilines is 1. The zero-order chi connectivity index (χ0) is 17.6. The molecule has 128 valence electrons. The lowest BCUT2D eigenvalue weighted by atomic mass is 10.1. The van der Waals surface area contributed by atoms with Crippen molar-refractivity contribution in [1.29, 1.82) is 0 Å². The SMILES string of the molecule is c1ccc(Oc2cccc(NCc3cccc(-c4ccoc4)c3)c2)cc1. The summed E-state index contributed by atoms with van der Waals surface area (Å²) < 4.78 is 11.1. The Morgan fingerprint density at radius 1 is 0.731 bits per heavy atom. The molecule has 4 aromatic rings. The van der Waals surface area contributed by atoms with Crippen molar-refractivity contribution in [2.75, 3.05) is 5.32 Å². The Bertz CT molecular complexity index is 962. The van der Waals surface area contributed by atoms with E-state index in [9.17, 15) is 0 Å². The molecule has 0 saturated carbocycles. The molecule has 26 heavy (non-hydrogen) atoms. The number of nitrogens with one attached hydrogen (secondary N) is 1. The number of ether oxygens (including phenoxy) is 1. The quantitative estimate of drug-likeness (QED) is 0.443. The lowest BCUT2D eigenvalue weighted by Gasteiger charge is -2.10. The minimum absolute atomic E-state index is 0.737. The summed E-state index contributed by atoms with van der Waals surface area (Å²) in [6.07, 6.45) is 3.45. The van der Waals surface area contributed by atoms with E-state index in [1.807, 2.05) is 60.7 Å². The predicted molar refractivity (Wildman–Crippen MR) is 104 cm³/mol. The molecular weight excluding hydrogens is 322 g/mol. The van der Waals surface area contributed by atoms with Crippen LogP contribution in [0, 0.1) is 0 Å². The van der Waals surface area contributed by atoms with Crippen LogP contribution in [0.2, 0.25) is 0 Å². The fourth-order valence-electron chi connectivity index (χ4n) is 2.79. The summed E-state index contributed by atoms with van der Waals surface area (Å²) >= 11 is 0. The van der Waals surface area contributed by atoms with E-state index in [-0.39, 0.29) is 0 Å². The first-order valence-corrected chi connectivity index (χ1v) is 8.55. The Hall–Kier alpha value is -3.46. The van der Waals surface area contributed by atoms with Gasteiger partial charge in [0.05, 0.1) is 12.5 Å². The summed E-state index contributed by atoms with van der Waals surface area (Å²) in [7, 11) is 0. The highest BCUT2D eigenvalue weighted by molar-refractivity contribution is 5.63. The van der Waals surface area contributed by atoms with Gasteiger partial charge in [-0.05, 0) is 47.5 Å². The Morgan fingerprint density at radius 3 is 2.42 bits per heavy atom. The molecule has 0 aliphatic heterocycles. The molecule has 3 aromatic carbocycles. The van der Waals surface area contributed by atoms with E-state index in [2.05, 4.69) is 29.6 Å². The zero-order valence-electron chi connectivity index (χ0n) is 14.3. The van der Waals surface area contributed by atoms with Gasteiger partial charge in [0.1, 0.15) is 11.5 Å². The highest BCUT2D eigenvalue weighted by atomic mass is 16.5. The molecule has 0 unspecified atom stereocenters. The first-order chi connectivity index (χ1) is 12.9. The van der Waals surface area contributed by atoms with E-state index in [0.717, 1.165) is 34.9 Å². The average Bonchev–Trinajstić information content (AvgIpc) is 3.23. The number of hydrogen-bond acceptors (Lipinski definition) is 3. The van der Waals surface area contributed by atoms with E-state index < -0.39 is 0 Å².